The van der Waals surface area contributed by atoms with E-state index in [0.29, 0.717) is 6.54 Å². The summed E-state index contributed by atoms with van der Waals surface area (Å²) in [4.78, 5) is 16.3. The number of carbonyl (C=O) groups excluding carboxylic acids is 1. The molecule has 2 rings (SSSR count). The maximum absolute atomic E-state index is 12.2. The monoisotopic (exact) mass is 252 g/mol. The molecule has 0 saturated heterocycles. The van der Waals surface area contributed by atoms with Gasteiger partial charge in [0, 0.05) is 18.5 Å². The normalized spacial score (nSPS) is 14.5. The Morgan fingerprint density at radius 3 is 2.94 bits per heavy atom. The first kappa shape index (κ1) is 12.6. The summed E-state index contributed by atoms with van der Waals surface area (Å²) in [6, 6.07) is 2.10. The van der Waals surface area contributed by atoms with E-state index in [1.54, 1.807) is 16.2 Å². The SMILES string of the molecule is CN(CCCN)C(=O)c1cc2c(s1)CCCC2. The summed E-state index contributed by atoms with van der Waals surface area (Å²) in [7, 11) is 1.86. The number of fused-ring (bicyclic) bond motifs is 1. The molecule has 0 radical (unpaired) electrons. The molecule has 0 saturated carbocycles. The zero-order chi connectivity index (χ0) is 12.3. The lowest BCUT2D eigenvalue weighted by molar-refractivity contribution is 0.0799. The fourth-order valence-electron chi connectivity index (χ4n) is 2.21. The van der Waals surface area contributed by atoms with Crippen LogP contribution in [0.1, 0.15) is 39.4 Å². The Morgan fingerprint density at radius 2 is 2.24 bits per heavy atom. The summed E-state index contributed by atoms with van der Waals surface area (Å²) in [6.45, 7) is 1.39. The molecule has 1 aliphatic rings. The predicted molar refractivity (Wildman–Crippen MR) is 71.6 cm³/mol. The molecule has 17 heavy (non-hydrogen) atoms. The van der Waals surface area contributed by atoms with Crippen LogP contribution in [-0.4, -0.2) is 30.9 Å². The van der Waals surface area contributed by atoms with Crippen LogP contribution in [0.4, 0.5) is 0 Å². The standard InChI is InChI=1S/C13H20N2OS/c1-15(8-4-7-14)13(16)12-9-10-5-2-3-6-11(10)17-12/h9H,2-8,14H2,1H3. The first-order valence-electron chi connectivity index (χ1n) is 6.29. The summed E-state index contributed by atoms with van der Waals surface area (Å²) < 4.78 is 0. The second kappa shape index (κ2) is 5.65. The number of nitrogens with two attached hydrogens (primary N) is 1. The first-order chi connectivity index (χ1) is 8.22. The van der Waals surface area contributed by atoms with Crippen LogP contribution in [0, 0.1) is 0 Å². The smallest absolute Gasteiger partial charge is 0.263 e. The minimum Gasteiger partial charge on any atom is -0.341 e. The van der Waals surface area contributed by atoms with Crippen molar-refractivity contribution >= 4 is 17.2 Å². The summed E-state index contributed by atoms with van der Waals surface area (Å²) in [5.74, 6) is 0.151. The average Bonchev–Trinajstić information content (AvgIpc) is 2.78. The molecule has 94 valence electrons. The van der Waals surface area contributed by atoms with Crippen LogP contribution in [0.5, 0.6) is 0 Å². The second-order valence-corrected chi connectivity index (χ2v) is 5.77. The van der Waals surface area contributed by atoms with E-state index < -0.39 is 0 Å². The van der Waals surface area contributed by atoms with Gasteiger partial charge in [0.25, 0.3) is 5.91 Å². The summed E-state index contributed by atoms with van der Waals surface area (Å²) in [6.07, 6.45) is 5.70. The summed E-state index contributed by atoms with van der Waals surface area (Å²) in [5, 5.41) is 0. The zero-order valence-electron chi connectivity index (χ0n) is 10.4. The van der Waals surface area contributed by atoms with Gasteiger partial charge in [-0.3, -0.25) is 4.79 Å². The van der Waals surface area contributed by atoms with Crippen molar-refractivity contribution in [3.8, 4) is 0 Å². The lowest BCUT2D eigenvalue weighted by atomic mass is 9.99. The molecular formula is C13H20N2OS. The molecular weight excluding hydrogens is 232 g/mol. The van der Waals surface area contributed by atoms with E-state index in [1.165, 1.54) is 23.3 Å². The molecule has 2 N–H and O–H groups in total. The first-order valence-corrected chi connectivity index (χ1v) is 7.11. The van der Waals surface area contributed by atoms with Crippen LogP contribution in [-0.2, 0) is 12.8 Å². The molecule has 0 aromatic carbocycles. The van der Waals surface area contributed by atoms with Crippen molar-refractivity contribution in [3.05, 3.63) is 21.4 Å². The number of aryl methyl sites for hydroxylation is 2. The summed E-state index contributed by atoms with van der Waals surface area (Å²) >= 11 is 1.68. The third-order valence-corrected chi connectivity index (χ3v) is 4.48. The number of carbonyl (C=O) groups is 1. The van der Waals surface area contributed by atoms with Gasteiger partial charge in [-0.1, -0.05) is 0 Å². The van der Waals surface area contributed by atoms with Gasteiger partial charge in [-0.2, -0.15) is 0 Å². The Morgan fingerprint density at radius 1 is 1.47 bits per heavy atom. The fraction of sp³-hybridized carbons (Fsp3) is 0.615. The number of rotatable bonds is 4. The van der Waals surface area contributed by atoms with Crippen molar-refractivity contribution in [1.29, 1.82) is 0 Å². The molecule has 1 amide bonds. The molecule has 0 spiro atoms. The largest absolute Gasteiger partial charge is 0.341 e. The Hall–Kier alpha value is -0.870. The van der Waals surface area contributed by atoms with E-state index in [4.69, 9.17) is 5.73 Å². The van der Waals surface area contributed by atoms with Crippen LogP contribution in [0.3, 0.4) is 0 Å². The van der Waals surface area contributed by atoms with Gasteiger partial charge >= 0.3 is 0 Å². The molecule has 1 aromatic rings. The van der Waals surface area contributed by atoms with Gasteiger partial charge in [-0.25, -0.2) is 0 Å². The minimum absolute atomic E-state index is 0.151. The molecule has 0 atom stereocenters. The highest BCUT2D eigenvalue weighted by Gasteiger charge is 2.19. The topological polar surface area (TPSA) is 46.3 Å². The van der Waals surface area contributed by atoms with E-state index in [1.807, 2.05) is 7.05 Å². The number of hydrogen-bond donors (Lipinski definition) is 1. The van der Waals surface area contributed by atoms with Crippen molar-refractivity contribution in [3.63, 3.8) is 0 Å². The highest BCUT2D eigenvalue weighted by Crippen LogP contribution is 2.30. The van der Waals surface area contributed by atoms with E-state index in [-0.39, 0.29) is 5.91 Å². The van der Waals surface area contributed by atoms with Crippen molar-refractivity contribution in [1.82, 2.24) is 4.90 Å². The fourth-order valence-corrected chi connectivity index (χ4v) is 3.46. The van der Waals surface area contributed by atoms with Gasteiger partial charge in [0.1, 0.15) is 0 Å². The molecule has 1 aliphatic carbocycles. The molecule has 0 aliphatic heterocycles. The van der Waals surface area contributed by atoms with Crippen LogP contribution >= 0.6 is 11.3 Å². The third kappa shape index (κ3) is 2.87. The van der Waals surface area contributed by atoms with Crippen molar-refractivity contribution in [2.24, 2.45) is 5.73 Å². The molecule has 0 bridgehead atoms. The van der Waals surface area contributed by atoms with E-state index in [0.717, 1.165) is 30.7 Å². The predicted octanol–water partition coefficient (Wildman–Crippen LogP) is 2.05. The minimum atomic E-state index is 0.151. The quantitative estimate of drug-likeness (QED) is 0.891. The van der Waals surface area contributed by atoms with Crippen molar-refractivity contribution in [2.45, 2.75) is 32.1 Å². The highest BCUT2D eigenvalue weighted by molar-refractivity contribution is 7.14. The van der Waals surface area contributed by atoms with Crippen LogP contribution in [0.25, 0.3) is 0 Å². The molecule has 0 unspecified atom stereocenters. The highest BCUT2D eigenvalue weighted by atomic mass is 32.1. The van der Waals surface area contributed by atoms with Gasteiger partial charge in [-0.15, -0.1) is 11.3 Å². The van der Waals surface area contributed by atoms with Gasteiger partial charge in [0.15, 0.2) is 0 Å². The molecule has 1 heterocycles. The van der Waals surface area contributed by atoms with Gasteiger partial charge < -0.3 is 10.6 Å². The average molecular weight is 252 g/mol. The lowest BCUT2D eigenvalue weighted by Gasteiger charge is -2.15. The van der Waals surface area contributed by atoms with Crippen LogP contribution in [0.2, 0.25) is 0 Å². The maximum atomic E-state index is 12.2. The van der Waals surface area contributed by atoms with Crippen LogP contribution < -0.4 is 5.73 Å². The van der Waals surface area contributed by atoms with Gasteiger partial charge in [0.05, 0.1) is 4.88 Å². The molecule has 3 nitrogen and oxygen atoms in total. The third-order valence-electron chi connectivity index (χ3n) is 3.25. The number of amides is 1. The Labute approximate surface area is 107 Å². The summed E-state index contributed by atoms with van der Waals surface area (Å²) in [5.41, 5.74) is 6.86. The second-order valence-electron chi connectivity index (χ2n) is 4.64. The van der Waals surface area contributed by atoms with Gasteiger partial charge in [-0.05, 0) is 50.3 Å². The van der Waals surface area contributed by atoms with E-state index in [9.17, 15) is 4.79 Å². The number of thiophene rings is 1. The molecule has 0 fully saturated rings. The lowest BCUT2D eigenvalue weighted by Crippen LogP contribution is -2.28. The zero-order valence-corrected chi connectivity index (χ0v) is 11.2. The van der Waals surface area contributed by atoms with Crippen LogP contribution in [0.15, 0.2) is 6.07 Å². The maximum Gasteiger partial charge on any atom is 0.263 e. The van der Waals surface area contributed by atoms with E-state index in [2.05, 4.69) is 6.07 Å². The van der Waals surface area contributed by atoms with Crippen molar-refractivity contribution in [2.75, 3.05) is 20.1 Å². The Kier molecular flexibility index (Phi) is 4.18. The van der Waals surface area contributed by atoms with E-state index >= 15 is 0 Å². The number of hydrogen-bond acceptors (Lipinski definition) is 3. The molecule has 4 heteroatoms. The van der Waals surface area contributed by atoms with Crippen molar-refractivity contribution < 1.29 is 4.79 Å². The number of nitrogens with zero attached hydrogens (tertiary/aromatic N) is 1. The Balaban J connectivity index is 2.06. The van der Waals surface area contributed by atoms with Gasteiger partial charge in [0.2, 0.25) is 0 Å². The Bertz CT molecular complexity index is 377. The molecule has 1 aromatic heterocycles.